The van der Waals surface area contributed by atoms with Crippen LogP contribution in [0.3, 0.4) is 0 Å². The molecule has 5 heteroatoms. The minimum Gasteiger partial charge on any atom is -0.325 e. The Balaban J connectivity index is 2.34. The molecule has 0 bridgehead atoms. The number of hydrogen-bond donors (Lipinski definition) is 1. The van der Waals surface area contributed by atoms with E-state index >= 15 is 0 Å². The summed E-state index contributed by atoms with van der Waals surface area (Å²) in [6.45, 7) is 0.185. The highest BCUT2D eigenvalue weighted by Gasteiger charge is 2.14. The van der Waals surface area contributed by atoms with Crippen LogP contribution in [0.4, 0.5) is 4.39 Å². The highest BCUT2D eigenvalue weighted by molar-refractivity contribution is 7.84. The Kier molecular flexibility index (Phi) is 4.00. The van der Waals surface area contributed by atoms with Crippen molar-refractivity contribution in [2.24, 2.45) is 5.73 Å². The molecule has 1 unspecified atom stereocenters. The molecule has 1 atom stereocenters. The van der Waals surface area contributed by atoms with Gasteiger partial charge in [-0.25, -0.2) is 9.37 Å². The van der Waals surface area contributed by atoms with Crippen molar-refractivity contribution >= 4 is 21.7 Å². The van der Waals surface area contributed by atoms with E-state index in [1.807, 2.05) is 30.3 Å². The van der Waals surface area contributed by atoms with Gasteiger partial charge in [0.05, 0.1) is 16.5 Å². The van der Waals surface area contributed by atoms with Crippen LogP contribution in [-0.2, 0) is 17.3 Å². The molecule has 1 heterocycles. The lowest BCUT2D eigenvalue weighted by Crippen LogP contribution is -2.04. The number of pyridine rings is 1. The zero-order chi connectivity index (χ0) is 15.7. The highest BCUT2D eigenvalue weighted by atomic mass is 32.2. The Labute approximate surface area is 130 Å². The number of hydrogen-bond acceptors (Lipinski definition) is 3. The first-order valence-corrected chi connectivity index (χ1v) is 8.38. The van der Waals surface area contributed by atoms with Crippen LogP contribution in [0, 0.1) is 5.82 Å². The van der Waals surface area contributed by atoms with Crippen molar-refractivity contribution in [2.45, 2.75) is 11.4 Å². The van der Waals surface area contributed by atoms with Crippen LogP contribution < -0.4 is 5.73 Å². The number of halogens is 1. The molecule has 2 N–H and O–H groups in total. The topological polar surface area (TPSA) is 56.0 Å². The smallest absolute Gasteiger partial charge is 0.149 e. The normalized spacial score (nSPS) is 12.5. The van der Waals surface area contributed by atoms with E-state index in [1.54, 1.807) is 18.4 Å². The molecule has 0 aliphatic heterocycles. The molecule has 1 aromatic heterocycles. The standard InChI is InChI=1S/C17H15FN2OS/c1-22(21)16-8-3-2-6-12(16)13-9-11-5-4-7-14(18)17(11)20-15(13)10-19/h2-9H,10,19H2,1H3. The highest BCUT2D eigenvalue weighted by Crippen LogP contribution is 2.31. The minimum absolute atomic E-state index is 0.185. The summed E-state index contributed by atoms with van der Waals surface area (Å²) in [7, 11) is -1.13. The number of rotatable bonds is 3. The lowest BCUT2D eigenvalue weighted by Gasteiger charge is -2.12. The third-order valence-electron chi connectivity index (χ3n) is 3.56. The summed E-state index contributed by atoms with van der Waals surface area (Å²) in [5.74, 6) is -0.369. The molecule has 0 aliphatic carbocycles. The van der Waals surface area contributed by atoms with E-state index in [2.05, 4.69) is 4.98 Å². The van der Waals surface area contributed by atoms with E-state index in [0.29, 0.717) is 16.6 Å². The number of para-hydroxylation sites is 1. The van der Waals surface area contributed by atoms with Crippen molar-refractivity contribution in [2.75, 3.05) is 6.26 Å². The molecule has 3 aromatic rings. The van der Waals surface area contributed by atoms with Crippen LogP contribution in [0.5, 0.6) is 0 Å². The van der Waals surface area contributed by atoms with Crippen molar-refractivity contribution in [1.29, 1.82) is 0 Å². The number of aromatic nitrogens is 1. The minimum atomic E-state index is -1.13. The number of nitrogens with two attached hydrogens (primary N) is 1. The summed E-state index contributed by atoms with van der Waals surface area (Å²) in [4.78, 5) is 5.09. The van der Waals surface area contributed by atoms with Gasteiger partial charge in [-0.2, -0.15) is 0 Å². The SMILES string of the molecule is CS(=O)c1ccccc1-c1cc2cccc(F)c2nc1CN. The van der Waals surface area contributed by atoms with Crippen LogP contribution in [-0.4, -0.2) is 15.4 Å². The van der Waals surface area contributed by atoms with Gasteiger partial charge in [-0.15, -0.1) is 0 Å². The molecule has 0 saturated heterocycles. The van der Waals surface area contributed by atoms with Gasteiger partial charge in [0.2, 0.25) is 0 Å². The molecular weight excluding hydrogens is 299 g/mol. The second-order valence-corrected chi connectivity index (χ2v) is 6.30. The van der Waals surface area contributed by atoms with Crippen LogP contribution >= 0.6 is 0 Å². The fourth-order valence-corrected chi connectivity index (χ4v) is 3.29. The zero-order valence-electron chi connectivity index (χ0n) is 12.0. The van der Waals surface area contributed by atoms with Crippen molar-refractivity contribution in [3.8, 4) is 11.1 Å². The zero-order valence-corrected chi connectivity index (χ0v) is 12.9. The summed E-state index contributed by atoms with van der Waals surface area (Å²) in [5.41, 5.74) is 8.31. The van der Waals surface area contributed by atoms with Crippen molar-refractivity contribution in [3.05, 3.63) is 60.0 Å². The van der Waals surface area contributed by atoms with Gasteiger partial charge in [-0.05, 0) is 23.8 Å². The number of fused-ring (bicyclic) bond motifs is 1. The molecule has 0 radical (unpaired) electrons. The van der Waals surface area contributed by atoms with E-state index in [1.165, 1.54) is 6.07 Å². The summed E-state index contributed by atoms with van der Waals surface area (Å²) >= 11 is 0. The largest absolute Gasteiger partial charge is 0.325 e. The first-order chi connectivity index (χ1) is 10.6. The maximum absolute atomic E-state index is 13.9. The van der Waals surface area contributed by atoms with Gasteiger partial charge < -0.3 is 5.73 Å². The van der Waals surface area contributed by atoms with E-state index < -0.39 is 10.8 Å². The summed E-state index contributed by atoms with van der Waals surface area (Å²) in [6.07, 6.45) is 1.63. The van der Waals surface area contributed by atoms with Gasteiger partial charge in [0, 0.05) is 28.6 Å². The summed E-state index contributed by atoms with van der Waals surface area (Å²) in [5, 5.41) is 0.698. The van der Waals surface area contributed by atoms with E-state index in [0.717, 1.165) is 16.0 Å². The van der Waals surface area contributed by atoms with Gasteiger partial charge >= 0.3 is 0 Å². The Morgan fingerprint density at radius 3 is 2.64 bits per heavy atom. The molecule has 0 saturated carbocycles. The quantitative estimate of drug-likeness (QED) is 0.807. The third kappa shape index (κ3) is 2.53. The molecule has 3 rings (SSSR count). The van der Waals surface area contributed by atoms with Gasteiger partial charge in [0.25, 0.3) is 0 Å². The van der Waals surface area contributed by atoms with Crippen LogP contribution in [0.15, 0.2) is 53.4 Å². The Bertz CT molecular complexity index is 880. The molecule has 22 heavy (non-hydrogen) atoms. The van der Waals surface area contributed by atoms with Gasteiger partial charge in [0.15, 0.2) is 0 Å². The first kappa shape index (κ1) is 14.8. The average molecular weight is 314 g/mol. The fraction of sp³-hybridized carbons (Fsp3) is 0.118. The predicted molar refractivity (Wildman–Crippen MR) is 87.4 cm³/mol. The third-order valence-corrected chi connectivity index (χ3v) is 4.53. The maximum atomic E-state index is 13.9. The molecular formula is C17H15FN2OS. The van der Waals surface area contributed by atoms with E-state index in [4.69, 9.17) is 5.73 Å². The lowest BCUT2D eigenvalue weighted by atomic mass is 10.0. The Hall–Kier alpha value is -2.11. The Morgan fingerprint density at radius 1 is 1.14 bits per heavy atom. The number of nitrogens with zero attached hydrogens (tertiary/aromatic N) is 1. The molecule has 3 nitrogen and oxygen atoms in total. The molecule has 0 aliphatic rings. The van der Waals surface area contributed by atoms with Crippen LogP contribution in [0.25, 0.3) is 22.0 Å². The molecule has 0 spiro atoms. The molecule has 0 amide bonds. The fourth-order valence-electron chi connectivity index (χ4n) is 2.53. The second-order valence-electron chi connectivity index (χ2n) is 4.95. The van der Waals surface area contributed by atoms with Gasteiger partial charge in [0.1, 0.15) is 11.3 Å². The van der Waals surface area contributed by atoms with Gasteiger partial charge in [-0.1, -0.05) is 30.3 Å². The van der Waals surface area contributed by atoms with Crippen LogP contribution in [0.1, 0.15) is 5.69 Å². The van der Waals surface area contributed by atoms with E-state index in [-0.39, 0.29) is 12.4 Å². The molecule has 112 valence electrons. The first-order valence-electron chi connectivity index (χ1n) is 6.83. The summed E-state index contributed by atoms with van der Waals surface area (Å²) < 4.78 is 25.8. The van der Waals surface area contributed by atoms with Crippen molar-refractivity contribution < 1.29 is 8.60 Å². The monoisotopic (exact) mass is 314 g/mol. The number of benzene rings is 2. The Morgan fingerprint density at radius 2 is 1.91 bits per heavy atom. The van der Waals surface area contributed by atoms with Gasteiger partial charge in [-0.3, -0.25) is 4.21 Å². The van der Waals surface area contributed by atoms with Crippen molar-refractivity contribution in [1.82, 2.24) is 4.98 Å². The van der Waals surface area contributed by atoms with Crippen molar-refractivity contribution in [3.63, 3.8) is 0 Å². The predicted octanol–water partition coefficient (Wildman–Crippen LogP) is 3.24. The molecule has 2 aromatic carbocycles. The average Bonchev–Trinajstić information content (AvgIpc) is 2.54. The second kappa shape index (κ2) is 5.94. The maximum Gasteiger partial charge on any atom is 0.149 e. The molecule has 0 fully saturated rings. The van der Waals surface area contributed by atoms with E-state index in [9.17, 15) is 8.60 Å². The van der Waals surface area contributed by atoms with Crippen LogP contribution in [0.2, 0.25) is 0 Å². The summed E-state index contributed by atoms with van der Waals surface area (Å²) in [6, 6.07) is 14.1. The lowest BCUT2D eigenvalue weighted by molar-refractivity contribution is 0.636.